The zero-order chi connectivity index (χ0) is 19.2. The van der Waals surface area contributed by atoms with Crippen LogP contribution in [0.2, 0.25) is 5.02 Å². The van der Waals surface area contributed by atoms with Crippen molar-refractivity contribution in [1.29, 1.82) is 0 Å². The predicted octanol–water partition coefficient (Wildman–Crippen LogP) is 5.54. The molecule has 1 heterocycles. The van der Waals surface area contributed by atoms with Crippen LogP contribution in [-0.4, -0.2) is 16.0 Å². The number of thiocarbonyl (C=S) groups is 1. The monoisotopic (exact) mass is 401 g/mol. The second-order valence-electron chi connectivity index (χ2n) is 6.17. The number of benzene rings is 2. The fourth-order valence-corrected chi connectivity index (χ4v) is 2.97. The standard InChI is InChI=1S/C20H20ClN3O2S/c1-2-3-4-5-18(25)24-20(27)22-15-10-11-17-16(12-15)23-19(26-17)13-6-8-14(21)9-7-13/h6-12H,2-5H2,1H3,(H2,22,24,25,27). The van der Waals surface area contributed by atoms with Crippen molar-refractivity contribution in [2.45, 2.75) is 32.6 Å². The summed E-state index contributed by atoms with van der Waals surface area (Å²) in [5, 5.41) is 6.64. The predicted molar refractivity (Wildman–Crippen MR) is 113 cm³/mol. The van der Waals surface area contributed by atoms with Crippen LogP contribution in [0.15, 0.2) is 46.9 Å². The van der Waals surface area contributed by atoms with Crippen molar-refractivity contribution in [3.05, 3.63) is 47.5 Å². The smallest absolute Gasteiger partial charge is 0.227 e. The lowest BCUT2D eigenvalue weighted by atomic mass is 10.2. The van der Waals surface area contributed by atoms with Crippen molar-refractivity contribution in [2.75, 3.05) is 5.32 Å². The van der Waals surface area contributed by atoms with E-state index in [1.54, 1.807) is 12.1 Å². The molecule has 0 atom stereocenters. The minimum absolute atomic E-state index is 0.0755. The second kappa shape index (κ2) is 8.97. The van der Waals surface area contributed by atoms with Gasteiger partial charge in [-0.3, -0.25) is 4.79 Å². The lowest BCUT2D eigenvalue weighted by Gasteiger charge is -2.09. The van der Waals surface area contributed by atoms with Gasteiger partial charge in [-0.2, -0.15) is 0 Å². The number of unbranched alkanes of at least 4 members (excludes halogenated alkanes) is 2. The molecule has 2 N–H and O–H groups in total. The molecule has 7 heteroatoms. The summed E-state index contributed by atoms with van der Waals surface area (Å²) in [5.74, 6) is 0.444. The molecule has 3 aromatic rings. The molecular formula is C20H20ClN3O2S. The first-order valence-corrected chi connectivity index (χ1v) is 9.61. The van der Waals surface area contributed by atoms with Gasteiger partial charge in [-0.15, -0.1) is 0 Å². The molecule has 0 radical (unpaired) electrons. The summed E-state index contributed by atoms with van der Waals surface area (Å²) >= 11 is 11.1. The summed E-state index contributed by atoms with van der Waals surface area (Å²) in [4.78, 5) is 16.4. The Hall–Kier alpha value is -2.44. The van der Waals surface area contributed by atoms with Crippen molar-refractivity contribution in [2.24, 2.45) is 0 Å². The molecule has 3 rings (SSSR count). The van der Waals surface area contributed by atoms with Gasteiger partial charge in [0.15, 0.2) is 10.7 Å². The van der Waals surface area contributed by atoms with Crippen LogP contribution in [0.3, 0.4) is 0 Å². The number of anilines is 1. The molecule has 1 amide bonds. The molecule has 0 unspecified atom stereocenters. The molecule has 1 aromatic heterocycles. The molecule has 27 heavy (non-hydrogen) atoms. The van der Waals surface area contributed by atoms with E-state index in [9.17, 15) is 4.79 Å². The van der Waals surface area contributed by atoms with Crippen molar-refractivity contribution < 1.29 is 9.21 Å². The third-order valence-corrected chi connectivity index (χ3v) is 4.45. The first-order valence-electron chi connectivity index (χ1n) is 8.82. The Bertz CT molecular complexity index is 954. The van der Waals surface area contributed by atoms with E-state index in [1.807, 2.05) is 30.3 Å². The minimum atomic E-state index is -0.0755. The van der Waals surface area contributed by atoms with Crippen molar-refractivity contribution >= 4 is 51.6 Å². The molecule has 0 saturated carbocycles. The Morgan fingerprint density at radius 3 is 2.70 bits per heavy atom. The van der Waals surface area contributed by atoms with Crippen LogP contribution < -0.4 is 10.6 Å². The molecular weight excluding hydrogens is 382 g/mol. The van der Waals surface area contributed by atoms with Gasteiger partial charge in [-0.05, 0) is 61.1 Å². The van der Waals surface area contributed by atoms with Gasteiger partial charge < -0.3 is 15.1 Å². The summed E-state index contributed by atoms with van der Waals surface area (Å²) < 4.78 is 5.79. The van der Waals surface area contributed by atoms with E-state index in [0.717, 1.165) is 30.5 Å². The number of aromatic nitrogens is 1. The highest BCUT2D eigenvalue weighted by molar-refractivity contribution is 7.80. The Morgan fingerprint density at radius 1 is 1.19 bits per heavy atom. The highest BCUT2D eigenvalue weighted by Gasteiger charge is 2.10. The average Bonchev–Trinajstić information content (AvgIpc) is 3.05. The van der Waals surface area contributed by atoms with Crippen molar-refractivity contribution in [1.82, 2.24) is 10.3 Å². The van der Waals surface area contributed by atoms with Crippen LogP contribution in [0.1, 0.15) is 32.6 Å². The third kappa shape index (κ3) is 5.28. The molecule has 5 nitrogen and oxygen atoms in total. The van der Waals surface area contributed by atoms with Gasteiger partial charge in [-0.1, -0.05) is 31.4 Å². The van der Waals surface area contributed by atoms with Crippen molar-refractivity contribution in [3.63, 3.8) is 0 Å². The Morgan fingerprint density at radius 2 is 1.96 bits per heavy atom. The number of carbonyl (C=O) groups is 1. The number of fused-ring (bicyclic) bond motifs is 1. The van der Waals surface area contributed by atoms with Crippen LogP contribution >= 0.6 is 23.8 Å². The maximum absolute atomic E-state index is 11.8. The molecule has 0 aliphatic heterocycles. The van der Waals surface area contributed by atoms with Gasteiger partial charge >= 0.3 is 0 Å². The van der Waals surface area contributed by atoms with E-state index in [4.69, 9.17) is 28.2 Å². The number of amides is 1. The molecule has 0 fully saturated rings. The maximum atomic E-state index is 11.8. The van der Waals surface area contributed by atoms with E-state index in [0.29, 0.717) is 28.4 Å². The van der Waals surface area contributed by atoms with E-state index in [2.05, 4.69) is 22.5 Å². The summed E-state index contributed by atoms with van der Waals surface area (Å²) in [6, 6.07) is 12.8. The van der Waals surface area contributed by atoms with Crippen LogP contribution in [-0.2, 0) is 4.79 Å². The number of nitrogens with one attached hydrogen (secondary N) is 2. The topological polar surface area (TPSA) is 67.2 Å². The number of nitrogens with zero attached hydrogens (tertiary/aromatic N) is 1. The Labute approximate surface area is 168 Å². The molecule has 0 aliphatic rings. The minimum Gasteiger partial charge on any atom is -0.436 e. The fraction of sp³-hybridized carbons (Fsp3) is 0.250. The van der Waals surface area contributed by atoms with E-state index in [1.165, 1.54) is 0 Å². The molecule has 0 bridgehead atoms. The van der Waals surface area contributed by atoms with Crippen LogP contribution in [0, 0.1) is 0 Å². The number of carbonyl (C=O) groups excluding carboxylic acids is 1. The summed E-state index contributed by atoms with van der Waals surface area (Å²) in [6.45, 7) is 2.10. The first-order chi connectivity index (χ1) is 13.0. The Balaban J connectivity index is 1.66. The van der Waals surface area contributed by atoms with Gasteiger partial charge in [0.2, 0.25) is 11.8 Å². The molecule has 2 aromatic carbocycles. The summed E-state index contributed by atoms with van der Waals surface area (Å²) in [7, 11) is 0. The molecule has 0 spiro atoms. The maximum Gasteiger partial charge on any atom is 0.227 e. The van der Waals surface area contributed by atoms with Gasteiger partial charge in [0.1, 0.15) is 5.52 Å². The zero-order valence-electron chi connectivity index (χ0n) is 14.9. The highest BCUT2D eigenvalue weighted by atomic mass is 35.5. The average molecular weight is 402 g/mol. The van der Waals surface area contributed by atoms with Gasteiger partial charge in [0.05, 0.1) is 0 Å². The number of rotatable bonds is 6. The largest absolute Gasteiger partial charge is 0.436 e. The SMILES string of the molecule is CCCCCC(=O)NC(=S)Nc1ccc2oc(-c3ccc(Cl)cc3)nc2c1. The summed E-state index contributed by atoms with van der Waals surface area (Å²) in [5.41, 5.74) is 2.94. The van der Waals surface area contributed by atoms with Gasteiger partial charge in [0.25, 0.3) is 0 Å². The fourth-order valence-electron chi connectivity index (χ4n) is 2.61. The third-order valence-electron chi connectivity index (χ3n) is 4.00. The Kier molecular flexibility index (Phi) is 6.42. The quantitative estimate of drug-likeness (QED) is 0.419. The molecule has 140 valence electrons. The van der Waals surface area contributed by atoms with Crippen LogP contribution in [0.25, 0.3) is 22.6 Å². The molecule has 0 aliphatic carbocycles. The van der Waals surface area contributed by atoms with Crippen molar-refractivity contribution in [3.8, 4) is 11.5 Å². The zero-order valence-corrected chi connectivity index (χ0v) is 16.5. The first kappa shape index (κ1) is 19.3. The highest BCUT2D eigenvalue weighted by Crippen LogP contribution is 2.27. The van der Waals surface area contributed by atoms with E-state index < -0.39 is 0 Å². The normalized spacial score (nSPS) is 10.7. The van der Waals surface area contributed by atoms with Crippen LogP contribution in [0.4, 0.5) is 5.69 Å². The van der Waals surface area contributed by atoms with Crippen LogP contribution in [0.5, 0.6) is 0 Å². The van der Waals surface area contributed by atoms with Gasteiger partial charge in [0, 0.05) is 22.7 Å². The number of halogens is 1. The lowest BCUT2D eigenvalue weighted by Crippen LogP contribution is -2.33. The molecule has 0 saturated heterocycles. The number of hydrogen-bond acceptors (Lipinski definition) is 4. The second-order valence-corrected chi connectivity index (χ2v) is 7.01. The lowest BCUT2D eigenvalue weighted by molar-refractivity contribution is -0.119. The van der Waals surface area contributed by atoms with E-state index in [-0.39, 0.29) is 11.0 Å². The number of oxazole rings is 1. The van der Waals surface area contributed by atoms with E-state index >= 15 is 0 Å². The number of hydrogen-bond donors (Lipinski definition) is 2. The summed E-state index contributed by atoms with van der Waals surface area (Å²) in [6.07, 6.45) is 3.45. The van der Waals surface area contributed by atoms with Gasteiger partial charge in [-0.25, -0.2) is 4.98 Å².